The van der Waals surface area contributed by atoms with Crippen LogP contribution in [0.3, 0.4) is 0 Å². The van der Waals surface area contributed by atoms with E-state index in [1.807, 2.05) is 79.4 Å². The number of ether oxygens (including phenoxy) is 1. The third-order valence-electron chi connectivity index (χ3n) is 8.64. The maximum absolute atomic E-state index is 11.9. The third kappa shape index (κ3) is 4.36. The van der Waals surface area contributed by atoms with E-state index in [1.165, 1.54) is 5.56 Å². The predicted molar refractivity (Wildman–Crippen MR) is 176 cm³/mol. The minimum Gasteiger partial charge on any atom is -0.507 e. The lowest BCUT2D eigenvalue weighted by molar-refractivity contribution is 0.414. The summed E-state index contributed by atoms with van der Waals surface area (Å²) in [5, 5.41) is 38.8. The number of allylic oxidation sites excluding steroid dienone is 3. The van der Waals surface area contributed by atoms with Crippen LogP contribution >= 0.6 is 11.8 Å². The van der Waals surface area contributed by atoms with E-state index in [0.717, 1.165) is 34.4 Å². The topological polar surface area (TPSA) is 82.8 Å². The van der Waals surface area contributed by atoms with Crippen LogP contribution in [-0.2, 0) is 17.6 Å². The Labute approximate surface area is 253 Å². The normalized spacial score (nSPS) is 18.9. The van der Waals surface area contributed by atoms with Gasteiger partial charge in [-0.25, -0.2) is 0 Å². The van der Waals surface area contributed by atoms with Gasteiger partial charge < -0.3 is 20.1 Å². The summed E-state index contributed by atoms with van der Waals surface area (Å²) in [6, 6.07) is 19.8. The van der Waals surface area contributed by atoms with E-state index in [4.69, 9.17) is 4.74 Å². The van der Waals surface area contributed by atoms with Gasteiger partial charge >= 0.3 is 0 Å². The highest BCUT2D eigenvalue weighted by atomic mass is 32.2. The van der Waals surface area contributed by atoms with Crippen LogP contribution in [0, 0.1) is 0 Å². The van der Waals surface area contributed by atoms with E-state index in [2.05, 4.69) is 23.2 Å². The van der Waals surface area contributed by atoms with Crippen molar-refractivity contribution in [1.29, 1.82) is 0 Å². The van der Waals surface area contributed by atoms with Gasteiger partial charge in [0, 0.05) is 54.8 Å². The Morgan fingerprint density at radius 2 is 1.67 bits per heavy atom. The SMILES string of the molecule is C/C=C/C=C/c1cc2cc3c(c(O)c2cn1)[C@@]1(C=c2c(O)c4ccc(OC)cc4c(O)c2=C1)C(SCc1ccccc1)C3. The molecule has 0 radical (unpaired) electrons. The Morgan fingerprint density at radius 1 is 0.907 bits per heavy atom. The molecule has 2 atom stereocenters. The Morgan fingerprint density at radius 3 is 2.42 bits per heavy atom. The summed E-state index contributed by atoms with van der Waals surface area (Å²) >= 11 is 1.82. The summed E-state index contributed by atoms with van der Waals surface area (Å²) in [7, 11) is 1.58. The molecule has 7 rings (SSSR count). The Bertz CT molecular complexity index is 2100. The highest BCUT2D eigenvalue weighted by molar-refractivity contribution is 7.99. The van der Waals surface area contributed by atoms with Gasteiger partial charge in [0.15, 0.2) is 0 Å². The highest BCUT2D eigenvalue weighted by Gasteiger charge is 2.48. The molecular weight excluding hydrogens is 554 g/mol. The van der Waals surface area contributed by atoms with Crippen LogP contribution in [0.15, 0.2) is 85.1 Å². The fourth-order valence-corrected chi connectivity index (χ4v) is 8.00. The first-order valence-electron chi connectivity index (χ1n) is 14.3. The summed E-state index contributed by atoms with van der Waals surface area (Å²) in [4.78, 5) is 4.60. The van der Waals surface area contributed by atoms with Gasteiger partial charge in [0.2, 0.25) is 0 Å². The molecule has 43 heavy (non-hydrogen) atoms. The fourth-order valence-electron chi connectivity index (χ4n) is 6.59. The molecule has 5 aromatic rings. The number of phenolic OH excluding ortho intramolecular Hbond substituents is 3. The van der Waals surface area contributed by atoms with Crippen molar-refractivity contribution >= 4 is 51.5 Å². The van der Waals surface area contributed by atoms with Crippen molar-refractivity contribution in [2.24, 2.45) is 0 Å². The zero-order valence-corrected chi connectivity index (χ0v) is 24.7. The predicted octanol–water partition coefficient (Wildman–Crippen LogP) is 6.47. The molecule has 0 saturated carbocycles. The van der Waals surface area contributed by atoms with Crippen LogP contribution in [-0.4, -0.2) is 32.7 Å². The molecule has 0 bridgehead atoms. The average molecular weight is 586 g/mol. The van der Waals surface area contributed by atoms with Gasteiger partial charge in [0.05, 0.1) is 12.8 Å². The molecular formula is C37H31NO4S. The minimum atomic E-state index is -0.754. The second kappa shape index (κ2) is 10.5. The van der Waals surface area contributed by atoms with Gasteiger partial charge in [0.25, 0.3) is 0 Å². The van der Waals surface area contributed by atoms with Crippen molar-refractivity contribution in [1.82, 2.24) is 4.98 Å². The summed E-state index contributed by atoms with van der Waals surface area (Å²) in [5.41, 5.74) is 3.14. The van der Waals surface area contributed by atoms with Crippen molar-refractivity contribution in [3.63, 3.8) is 0 Å². The molecule has 3 N–H and O–H groups in total. The Balaban J connectivity index is 1.45. The first-order valence-corrected chi connectivity index (χ1v) is 15.4. The summed E-state index contributed by atoms with van der Waals surface area (Å²) in [6.07, 6.45) is 14.4. The van der Waals surface area contributed by atoms with Gasteiger partial charge in [-0.3, -0.25) is 4.98 Å². The molecule has 5 nitrogen and oxygen atoms in total. The molecule has 0 fully saturated rings. The van der Waals surface area contributed by atoms with Crippen LogP contribution < -0.4 is 15.2 Å². The van der Waals surface area contributed by atoms with Gasteiger partial charge in [0.1, 0.15) is 23.0 Å². The van der Waals surface area contributed by atoms with Crippen LogP contribution in [0.1, 0.15) is 29.3 Å². The molecule has 0 amide bonds. The molecule has 2 aliphatic rings. The lowest BCUT2D eigenvalue weighted by Crippen LogP contribution is -2.28. The van der Waals surface area contributed by atoms with Crippen molar-refractivity contribution in [2.75, 3.05) is 7.11 Å². The number of phenols is 3. The van der Waals surface area contributed by atoms with Crippen LogP contribution in [0.5, 0.6) is 23.0 Å². The maximum Gasteiger partial charge on any atom is 0.131 e. The number of fused-ring (bicyclic) bond motifs is 5. The Hall–Kier alpha value is -4.68. The molecule has 214 valence electrons. The zero-order valence-electron chi connectivity index (χ0n) is 23.9. The van der Waals surface area contributed by atoms with Gasteiger partial charge in [-0.05, 0) is 60.2 Å². The number of nitrogens with zero attached hydrogens (tertiary/aromatic N) is 1. The lowest BCUT2D eigenvalue weighted by atomic mass is 9.81. The largest absolute Gasteiger partial charge is 0.507 e. The zero-order chi connectivity index (χ0) is 29.7. The molecule has 4 aromatic carbocycles. The molecule has 0 aliphatic heterocycles. The van der Waals surface area contributed by atoms with E-state index in [1.54, 1.807) is 31.5 Å². The number of pyridine rings is 1. The van der Waals surface area contributed by atoms with E-state index in [0.29, 0.717) is 32.3 Å². The highest BCUT2D eigenvalue weighted by Crippen LogP contribution is 2.54. The molecule has 1 unspecified atom stereocenters. The fraction of sp³-hybridized carbons (Fsp3) is 0.162. The van der Waals surface area contributed by atoms with Gasteiger partial charge in [-0.15, -0.1) is 0 Å². The van der Waals surface area contributed by atoms with Crippen molar-refractivity contribution in [3.8, 4) is 23.0 Å². The van der Waals surface area contributed by atoms with E-state index >= 15 is 0 Å². The number of aromatic hydroxyl groups is 3. The van der Waals surface area contributed by atoms with E-state index < -0.39 is 5.41 Å². The summed E-state index contributed by atoms with van der Waals surface area (Å²) in [6.45, 7) is 1.97. The smallest absolute Gasteiger partial charge is 0.131 e. The second-order valence-corrected chi connectivity index (χ2v) is 12.3. The first-order chi connectivity index (χ1) is 20.9. The third-order valence-corrected chi connectivity index (χ3v) is 10.1. The van der Waals surface area contributed by atoms with Gasteiger partial charge in [-0.2, -0.15) is 11.8 Å². The first kappa shape index (κ1) is 27.2. The average Bonchev–Trinajstić information content (AvgIpc) is 3.57. The van der Waals surface area contributed by atoms with Crippen molar-refractivity contribution in [2.45, 2.75) is 29.8 Å². The van der Waals surface area contributed by atoms with Crippen molar-refractivity contribution < 1.29 is 20.1 Å². The molecule has 1 aromatic heterocycles. The molecule has 6 heteroatoms. The second-order valence-electron chi connectivity index (χ2n) is 11.1. The summed E-state index contributed by atoms with van der Waals surface area (Å²) < 4.78 is 5.40. The van der Waals surface area contributed by atoms with Crippen LogP contribution in [0.2, 0.25) is 0 Å². The minimum absolute atomic E-state index is 0.0104. The van der Waals surface area contributed by atoms with Gasteiger partial charge in [-0.1, -0.05) is 66.8 Å². The number of hydrogen-bond donors (Lipinski definition) is 3. The lowest BCUT2D eigenvalue weighted by Gasteiger charge is -2.29. The van der Waals surface area contributed by atoms with E-state index in [-0.39, 0.29) is 22.5 Å². The standard InChI is InChI=1S/C37H31NO4S/c1-3-4-6-11-25-15-23-14-24-16-32(43-21-22-9-7-5-8-10-22)37(33(24)36(41)31(23)20-38-25)18-29-30(19-37)35(40)28-17-26(42-2)12-13-27(28)34(29)39/h3-15,17-20,32,39-41H,16,21H2,1-2H3/b4-3+,11-6+/t32?,37-/m1/s1. The Kier molecular flexibility index (Phi) is 6.66. The van der Waals surface area contributed by atoms with E-state index in [9.17, 15) is 15.3 Å². The van der Waals surface area contributed by atoms with Crippen LogP contribution in [0.25, 0.3) is 39.8 Å². The number of aromatic nitrogens is 1. The molecule has 0 saturated heterocycles. The number of benzene rings is 4. The molecule has 2 aliphatic carbocycles. The number of methoxy groups -OCH3 is 1. The van der Waals surface area contributed by atoms with Crippen LogP contribution in [0.4, 0.5) is 0 Å². The van der Waals surface area contributed by atoms with Crippen molar-refractivity contribution in [3.05, 3.63) is 118 Å². The number of hydrogen-bond acceptors (Lipinski definition) is 6. The monoisotopic (exact) mass is 585 g/mol. The molecule has 1 spiro atoms. The number of rotatable bonds is 6. The molecule has 1 heterocycles. The maximum atomic E-state index is 11.9. The quantitative estimate of drug-likeness (QED) is 0.156. The number of thioether (sulfide) groups is 1. The summed E-state index contributed by atoms with van der Waals surface area (Å²) in [5.74, 6) is 1.78.